The fraction of sp³-hybridized carbons (Fsp3) is 0.909. The van der Waals surface area contributed by atoms with Crippen LogP contribution in [0.25, 0.3) is 0 Å². The zero-order valence-corrected chi connectivity index (χ0v) is 27.0. The fourth-order valence-electron chi connectivity index (χ4n) is 2.42. The molecule has 0 radical (unpaired) electrons. The third kappa shape index (κ3) is 20.1. The van der Waals surface area contributed by atoms with E-state index in [0.717, 1.165) is 31.7 Å². The molecule has 0 aromatic carbocycles. The second kappa shape index (κ2) is 26.0. The lowest BCUT2D eigenvalue weighted by Gasteiger charge is -2.24. The number of nitrogens with zero attached hydrogens (tertiary/aromatic N) is 2. The minimum absolute atomic E-state index is 0.937. The van der Waals surface area contributed by atoms with Gasteiger partial charge in [-0.2, -0.15) is 0 Å². The van der Waals surface area contributed by atoms with Gasteiger partial charge in [-0.3, -0.25) is 0 Å². The Labute approximate surface area is 235 Å². The minimum atomic E-state index is 0.937. The first-order valence-electron chi connectivity index (χ1n) is 12.1. The molecule has 0 aliphatic rings. The highest BCUT2D eigenvalue weighted by Crippen LogP contribution is 2.38. The largest absolute Gasteiger partial charge is 0.241 e. The van der Waals surface area contributed by atoms with E-state index in [2.05, 4.69) is 35.1 Å². The van der Waals surface area contributed by atoms with Crippen LogP contribution in [-0.4, -0.2) is 39.1 Å². The maximum atomic E-state index is 5.81. The maximum Gasteiger partial charge on any atom is 0.167 e. The molecule has 0 spiro atoms. The van der Waals surface area contributed by atoms with Crippen molar-refractivity contribution in [2.45, 2.75) is 105 Å². The van der Waals surface area contributed by atoms with Crippen molar-refractivity contribution < 1.29 is 0 Å². The second-order valence-electron chi connectivity index (χ2n) is 7.37. The van der Waals surface area contributed by atoms with E-state index in [1.807, 2.05) is 47.8 Å². The van der Waals surface area contributed by atoms with Gasteiger partial charge in [0.1, 0.15) is 0 Å². The summed E-state index contributed by atoms with van der Waals surface area (Å²) in [5.74, 6) is 4.54. The molecule has 0 fully saturated rings. The summed E-state index contributed by atoms with van der Waals surface area (Å²) in [6, 6.07) is 0. The topological polar surface area (TPSA) is 6.48 Å². The van der Waals surface area contributed by atoms with Crippen molar-refractivity contribution in [2.75, 3.05) is 23.0 Å². The summed E-state index contributed by atoms with van der Waals surface area (Å²) in [6.45, 7) is 9.02. The first-order chi connectivity index (χ1) is 15.6. The SMILES string of the molecule is CCCCCSN(SCCCCC)C(=S)SSC(=S)N(SCCCCC)SCCCCC. The van der Waals surface area contributed by atoms with E-state index in [1.54, 1.807) is 21.6 Å². The van der Waals surface area contributed by atoms with Crippen LogP contribution in [0.5, 0.6) is 0 Å². The van der Waals surface area contributed by atoms with Crippen LogP contribution >= 0.6 is 93.8 Å². The highest BCUT2D eigenvalue weighted by molar-refractivity contribution is 8.90. The van der Waals surface area contributed by atoms with Gasteiger partial charge in [0.15, 0.2) is 8.64 Å². The Morgan fingerprint density at radius 3 is 0.938 bits per heavy atom. The van der Waals surface area contributed by atoms with Gasteiger partial charge in [-0.05, 0) is 119 Å². The van der Waals surface area contributed by atoms with E-state index < -0.39 is 0 Å². The Hall–Kier alpha value is 1.88. The van der Waals surface area contributed by atoms with Gasteiger partial charge in [-0.1, -0.05) is 79.1 Å². The minimum Gasteiger partial charge on any atom is -0.241 e. The molecular weight excluding hydrogens is 549 g/mol. The van der Waals surface area contributed by atoms with Crippen LogP contribution in [-0.2, 0) is 0 Å². The third-order valence-corrected chi connectivity index (χ3v) is 13.5. The lowest BCUT2D eigenvalue weighted by Crippen LogP contribution is -2.15. The first-order valence-corrected chi connectivity index (χ1v) is 18.9. The Kier molecular flexibility index (Phi) is 27.5. The zero-order valence-electron chi connectivity index (χ0n) is 20.5. The number of unbranched alkanes of at least 4 members (excludes halogenated alkanes) is 8. The summed E-state index contributed by atoms with van der Waals surface area (Å²) in [5.41, 5.74) is 0. The summed E-state index contributed by atoms with van der Waals surface area (Å²) < 4.78 is 6.42. The van der Waals surface area contributed by atoms with Gasteiger partial charge < -0.3 is 0 Å². The van der Waals surface area contributed by atoms with Gasteiger partial charge in [0.25, 0.3) is 0 Å². The molecule has 0 amide bonds. The molecule has 0 aliphatic heterocycles. The van der Waals surface area contributed by atoms with E-state index in [9.17, 15) is 0 Å². The van der Waals surface area contributed by atoms with Crippen molar-refractivity contribution in [1.82, 2.24) is 7.42 Å². The number of hydrogen-bond acceptors (Lipinski definition) is 8. The summed E-state index contributed by atoms with van der Waals surface area (Å²) in [6.07, 6.45) is 15.2. The van der Waals surface area contributed by atoms with Crippen molar-refractivity contribution in [3.8, 4) is 0 Å². The van der Waals surface area contributed by atoms with E-state index in [-0.39, 0.29) is 0 Å². The predicted molar refractivity (Wildman–Crippen MR) is 172 cm³/mol. The molecule has 0 aromatic rings. The lowest BCUT2D eigenvalue weighted by atomic mass is 10.3. The number of thiocarbonyl (C=S) groups is 2. The normalized spacial score (nSPS) is 11.0. The van der Waals surface area contributed by atoms with Gasteiger partial charge in [0, 0.05) is 23.0 Å². The number of hydrogen-bond donors (Lipinski definition) is 0. The quantitative estimate of drug-likeness (QED) is 0.0580. The van der Waals surface area contributed by atoms with Crippen LogP contribution in [0.4, 0.5) is 0 Å². The summed E-state index contributed by atoms with van der Waals surface area (Å²) in [7, 11) is 3.32. The van der Waals surface area contributed by atoms with Crippen LogP contribution in [0.1, 0.15) is 105 Å². The summed E-state index contributed by atoms with van der Waals surface area (Å²) >= 11 is 19.1. The molecular formula is C22H44N2S8. The van der Waals surface area contributed by atoms with E-state index >= 15 is 0 Å². The molecule has 2 nitrogen and oxygen atoms in total. The molecule has 0 aliphatic carbocycles. The highest BCUT2D eigenvalue weighted by atomic mass is 33.1. The summed E-state index contributed by atoms with van der Waals surface area (Å²) in [5, 5.41) is 0. The molecule has 0 N–H and O–H groups in total. The van der Waals surface area contributed by atoms with Gasteiger partial charge >= 0.3 is 0 Å². The van der Waals surface area contributed by atoms with Crippen LogP contribution < -0.4 is 0 Å². The molecule has 10 heteroatoms. The van der Waals surface area contributed by atoms with Crippen LogP contribution in [0.2, 0.25) is 0 Å². The molecule has 0 aromatic heterocycles. The maximum absolute atomic E-state index is 5.81. The third-order valence-electron chi connectivity index (χ3n) is 4.31. The average Bonchev–Trinajstić information content (AvgIpc) is 2.80. The molecule has 190 valence electrons. The molecule has 0 unspecified atom stereocenters. The van der Waals surface area contributed by atoms with Crippen LogP contribution in [0, 0.1) is 0 Å². The van der Waals surface area contributed by atoms with Gasteiger partial charge in [-0.15, -0.1) is 0 Å². The number of rotatable bonds is 20. The standard InChI is InChI=1S/C22H44N2S8/c1-5-9-13-17-27-23(28-18-14-10-6-2)21(25)31-32-22(26)24(29-19-15-11-7-3)30-20-16-12-8-4/h5-20H2,1-4H3. The Bertz CT molecular complexity index is 390. The molecule has 0 saturated heterocycles. The van der Waals surface area contributed by atoms with Gasteiger partial charge in [0.2, 0.25) is 0 Å². The first kappa shape index (κ1) is 33.9. The lowest BCUT2D eigenvalue weighted by molar-refractivity contribution is 0.773. The van der Waals surface area contributed by atoms with Crippen molar-refractivity contribution in [1.29, 1.82) is 0 Å². The smallest absolute Gasteiger partial charge is 0.167 e. The van der Waals surface area contributed by atoms with E-state index in [0.29, 0.717) is 0 Å². The van der Waals surface area contributed by atoms with Crippen LogP contribution in [0.3, 0.4) is 0 Å². The highest BCUT2D eigenvalue weighted by Gasteiger charge is 2.17. The van der Waals surface area contributed by atoms with Crippen molar-refractivity contribution in [2.24, 2.45) is 0 Å². The molecule has 0 heterocycles. The Balaban J connectivity index is 4.64. The average molecular weight is 593 g/mol. The molecule has 0 bridgehead atoms. The molecule has 0 rings (SSSR count). The van der Waals surface area contributed by atoms with E-state index in [4.69, 9.17) is 24.4 Å². The van der Waals surface area contributed by atoms with Crippen LogP contribution in [0.15, 0.2) is 0 Å². The molecule has 0 saturated carbocycles. The Morgan fingerprint density at radius 1 is 0.469 bits per heavy atom. The molecule has 32 heavy (non-hydrogen) atoms. The van der Waals surface area contributed by atoms with Gasteiger partial charge in [-0.25, -0.2) is 7.42 Å². The fourth-order valence-corrected chi connectivity index (χ4v) is 10.4. The monoisotopic (exact) mass is 592 g/mol. The van der Waals surface area contributed by atoms with Crippen molar-refractivity contribution in [3.05, 3.63) is 0 Å². The Morgan fingerprint density at radius 2 is 0.719 bits per heavy atom. The van der Waals surface area contributed by atoms with Crippen molar-refractivity contribution in [3.63, 3.8) is 0 Å². The predicted octanol–water partition coefficient (Wildman–Crippen LogP) is 10.9. The van der Waals surface area contributed by atoms with Gasteiger partial charge in [0.05, 0.1) is 0 Å². The van der Waals surface area contributed by atoms with Crippen molar-refractivity contribution >= 4 is 102 Å². The second-order valence-corrected chi connectivity index (χ2v) is 15.4. The zero-order chi connectivity index (χ0) is 23.9. The summed E-state index contributed by atoms with van der Waals surface area (Å²) in [4.78, 5) is 0. The molecule has 0 atom stereocenters. The van der Waals surface area contributed by atoms with E-state index in [1.165, 1.54) is 77.0 Å².